The molecule has 0 aliphatic heterocycles. The monoisotopic (exact) mass is 278 g/mol. The van der Waals surface area contributed by atoms with Gasteiger partial charge in [-0.25, -0.2) is 8.78 Å². The van der Waals surface area contributed by atoms with E-state index < -0.39 is 17.7 Å². The molecule has 3 nitrogen and oxygen atoms in total. The second kappa shape index (κ2) is 6.43. The fourth-order valence-electron chi connectivity index (χ4n) is 1.90. The van der Waals surface area contributed by atoms with Gasteiger partial charge < -0.3 is 10.5 Å². The molecule has 0 aliphatic rings. The highest BCUT2D eigenvalue weighted by molar-refractivity contribution is 5.26. The van der Waals surface area contributed by atoms with E-state index in [4.69, 9.17) is 10.5 Å². The van der Waals surface area contributed by atoms with Crippen LogP contribution in [0, 0.1) is 11.6 Å². The molecule has 1 heterocycles. The number of ether oxygens (including phenoxy) is 1. The third kappa shape index (κ3) is 3.51. The largest absolute Gasteiger partial charge is 0.484 e. The first-order valence-electron chi connectivity index (χ1n) is 6.38. The van der Waals surface area contributed by atoms with Crippen molar-refractivity contribution >= 4 is 0 Å². The predicted molar refractivity (Wildman–Crippen MR) is 72.2 cm³/mol. The van der Waals surface area contributed by atoms with Crippen molar-refractivity contribution in [3.8, 4) is 5.75 Å². The molecule has 2 unspecified atom stereocenters. The summed E-state index contributed by atoms with van der Waals surface area (Å²) >= 11 is 0. The molecule has 0 bridgehead atoms. The molecule has 5 heteroatoms. The van der Waals surface area contributed by atoms with E-state index >= 15 is 0 Å². The molecule has 1 aromatic carbocycles. The Kier molecular flexibility index (Phi) is 4.63. The van der Waals surface area contributed by atoms with E-state index in [1.54, 1.807) is 18.5 Å². The maximum Gasteiger partial charge on any atom is 0.140 e. The van der Waals surface area contributed by atoms with Gasteiger partial charge in [0.2, 0.25) is 0 Å². The first-order valence-corrected chi connectivity index (χ1v) is 6.38. The van der Waals surface area contributed by atoms with Crippen LogP contribution in [0.1, 0.15) is 25.0 Å². The summed E-state index contributed by atoms with van der Waals surface area (Å²) in [5.74, 6) is -1.26. The Morgan fingerprint density at radius 1 is 1.25 bits per heavy atom. The van der Waals surface area contributed by atoms with Gasteiger partial charge in [-0.05, 0) is 12.5 Å². The number of aromatic nitrogens is 1. The van der Waals surface area contributed by atoms with Gasteiger partial charge in [0.25, 0.3) is 0 Å². The smallest absolute Gasteiger partial charge is 0.140 e. The first-order chi connectivity index (χ1) is 9.60. The van der Waals surface area contributed by atoms with Crippen LogP contribution in [-0.2, 0) is 0 Å². The molecule has 2 rings (SSSR count). The fraction of sp³-hybridized carbons (Fsp3) is 0.267. The number of hydrogen-bond donors (Lipinski definition) is 1. The van der Waals surface area contributed by atoms with Crippen LogP contribution in [-0.4, -0.2) is 11.0 Å². The molecule has 0 radical (unpaired) electrons. The summed E-state index contributed by atoms with van der Waals surface area (Å²) in [5.41, 5.74) is 6.80. The van der Waals surface area contributed by atoms with E-state index in [9.17, 15) is 8.78 Å². The quantitative estimate of drug-likeness (QED) is 0.913. The molecule has 0 fully saturated rings. The van der Waals surface area contributed by atoms with Crippen LogP contribution in [0.15, 0.2) is 42.7 Å². The Morgan fingerprint density at radius 3 is 2.50 bits per heavy atom. The zero-order valence-corrected chi connectivity index (χ0v) is 11.1. The van der Waals surface area contributed by atoms with Gasteiger partial charge in [0.15, 0.2) is 0 Å². The normalized spacial score (nSPS) is 13.8. The van der Waals surface area contributed by atoms with Gasteiger partial charge in [-0.1, -0.05) is 13.0 Å². The maximum absolute atomic E-state index is 13.2. The van der Waals surface area contributed by atoms with Crippen LogP contribution in [0.5, 0.6) is 5.75 Å². The van der Waals surface area contributed by atoms with Gasteiger partial charge in [-0.15, -0.1) is 0 Å². The lowest BCUT2D eigenvalue weighted by Gasteiger charge is -2.24. The van der Waals surface area contributed by atoms with Crippen LogP contribution in [0.4, 0.5) is 8.78 Å². The lowest BCUT2D eigenvalue weighted by atomic mass is 10.0. The first kappa shape index (κ1) is 14.4. The lowest BCUT2D eigenvalue weighted by Crippen LogP contribution is -2.31. The standard InChI is InChI=1S/C15H16F2N2O/c1-2-14(18)15(10-4-3-5-19-9-10)20-13-7-11(16)6-12(17)8-13/h3-9,14-15H,2,18H2,1H3. The van der Waals surface area contributed by atoms with E-state index in [1.165, 1.54) is 0 Å². The fourth-order valence-corrected chi connectivity index (χ4v) is 1.90. The molecule has 106 valence electrons. The minimum Gasteiger partial charge on any atom is -0.484 e. The third-order valence-electron chi connectivity index (χ3n) is 2.97. The molecule has 1 aromatic heterocycles. The van der Waals surface area contributed by atoms with Crippen molar-refractivity contribution in [2.45, 2.75) is 25.5 Å². The zero-order chi connectivity index (χ0) is 14.5. The van der Waals surface area contributed by atoms with Gasteiger partial charge >= 0.3 is 0 Å². The minimum atomic E-state index is -0.685. The Balaban J connectivity index is 2.28. The molecular formula is C15H16F2N2O. The average molecular weight is 278 g/mol. The molecule has 20 heavy (non-hydrogen) atoms. The van der Waals surface area contributed by atoms with E-state index in [-0.39, 0.29) is 11.8 Å². The third-order valence-corrected chi connectivity index (χ3v) is 2.97. The van der Waals surface area contributed by atoms with Crippen molar-refractivity contribution in [2.24, 2.45) is 5.73 Å². The summed E-state index contributed by atoms with van der Waals surface area (Å²) in [6.45, 7) is 1.92. The van der Waals surface area contributed by atoms with Crippen molar-refractivity contribution in [1.82, 2.24) is 4.98 Å². The van der Waals surface area contributed by atoms with E-state index in [2.05, 4.69) is 4.98 Å². The number of hydrogen-bond acceptors (Lipinski definition) is 3. The molecule has 0 amide bonds. The van der Waals surface area contributed by atoms with Crippen LogP contribution < -0.4 is 10.5 Å². The number of pyridine rings is 1. The van der Waals surface area contributed by atoms with E-state index in [0.29, 0.717) is 6.42 Å². The van der Waals surface area contributed by atoms with Crippen molar-refractivity contribution in [1.29, 1.82) is 0 Å². The average Bonchev–Trinajstić information content (AvgIpc) is 2.44. The number of benzene rings is 1. The Bertz CT molecular complexity index is 543. The van der Waals surface area contributed by atoms with Crippen molar-refractivity contribution in [3.63, 3.8) is 0 Å². The molecular weight excluding hydrogens is 262 g/mol. The molecule has 0 spiro atoms. The van der Waals surface area contributed by atoms with Gasteiger partial charge in [-0.2, -0.15) is 0 Å². The number of nitrogens with two attached hydrogens (primary N) is 1. The van der Waals surface area contributed by atoms with E-state index in [0.717, 1.165) is 23.8 Å². The van der Waals surface area contributed by atoms with Crippen molar-refractivity contribution in [2.75, 3.05) is 0 Å². The van der Waals surface area contributed by atoms with Crippen LogP contribution in [0.3, 0.4) is 0 Å². The van der Waals surface area contributed by atoms with Crippen molar-refractivity contribution in [3.05, 3.63) is 59.9 Å². The SMILES string of the molecule is CCC(N)C(Oc1cc(F)cc(F)c1)c1cccnc1. The van der Waals surface area contributed by atoms with Gasteiger partial charge in [-0.3, -0.25) is 4.98 Å². The molecule has 0 aliphatic carbocycles. The maximum atomic E-state index is 13.2. The summed E-state index contributed by atoms with van der Waals surface area (Å²) in [6.07, 6.45) is 3.43. The summed E-state index contributed by atoms with van der Waals surface area (Å²) in [6, 6.07) is 6.35. The lowest BCUT2D eigenvalue weighted by molar-refractivity contribution is 0.169. The molecule has 0 saturated heterocycles. The Labute approximate surface area is 116 Å². The number of nitrogens with zero attached hydrogens (tertiary/aromatic N) is 1. The van der Waals surface area contributed by atoms with Crippen LogP contribution in [0.2, 0.25) is 0 Å². The second-order valence-electron chi connectivity index (χ2n) is 4.50. The van der Waals surface area contributed by atoms with Gasteiger partial charge in [0, 0.05) is 42.2 Å². The summed E-state index contributed by atoms with van der Waals surface area (Å²) < 4.78 is 32.1. The molecule has 2 N–H and O–H groups in total. The predicted octanol–water partition coefficient (Wildman–Crippen LogP) is 3.22. The van der Waals surface area contributed by atoms with Gasteiger partial charge in [0.1, 0.15) is 23.5 Å². The summed E-state index contributed by atoms with van der Waals surface area (Å²) in [7, 11) is 0. The Morgan fingerprint density at radius 2 is 1.95 bits per heavy atom. The summed E-state index contributed by atoms with van der Waals surface area (Å²) in [5, 5.41) is 0. The van der Waals surface area contributed by atoms with Crippen LogP contribution in [0.25, 0.3) is 0 Å². The van der Waals surface area contributed by atoms with Gasteiger partial charge in [0.05, 0.1) is 0 Å². The molecule has 2 atom stereocenters. The second-order valence-corrected chi connectivity index (χ2v) is 4.50. The highest BCUT2D eigenvalue weighted by atomic mass is 19.1. The topological polar surface area (TPSA) is 48.1 Å². The summed E-state index contributed by atoms with van der Waals surface area (Å²) in [4.78, 5) is 4.02. The molecule has 0 saturated carbocycles. The number of halogens is 2. The highest BCUT2D eigenvalue weighted by Crippen LogP contribution is 2.26. The Hall–Kier alpha value is -2.01. The van der Waals surface area contributed by atoms with Crippen LogP contribution >= 0.6 is 0 Å². The highest BCUT2D eigenvalue weighted by Gasteiger charge is 2.21. The zero-order valence-electron chi connectivity index (χ0n) is 11.1. The minimum absolute atomic E-state index is 0.111. The van der Waals surface area contributed by atoms with E-state index in [1.807, 2.05) is 13.0 Å². The van der Waals surface area contributed by atoms with Crippen molar-refractivity contribution < 1.29 is 13.5 Å². The number of rotatable bonds is 5. The molecule has 2 aromatic rings.